The van der Waals surface area contributed by atoms with E-state index >= 15 is 0 Å². The van der Waals surface area contributed by atoms with Crippen LogP contribution in [0.2, 0.25) is 0 Å². The van der Waals surface area contributed by atoms with Crippen molar-refractivity contribution >= 4 is 6.29 Å². The molecule has 0 saturated heterocycles. The van der Waals surface area contributed by atoms with Crippen molar-refractivity contribution < 1.29 is 4.79 Å². The standard InChI is InChI=1S/C24H38O/c1-2-3-4-5-6-7-8-9-10-11-12-13-14-15-16-17-18-19-20-21-22-23-24-25/h14-24H,2-13H2,1H3. The van der Waals surface area contributed by atoms with Gasteiger partial charge in [-0.25, -0.2) is 0 Å². The topological polar surface area (TPSA) is 17.1 Å². The Morgan fingerprint density at radius 3 is 1.36 bits per heavy atom. The number of carbonyl (C=O) groups is 1. The van der Waals surface area contributed by atoms with Crippen molar-refractivity contribution in [1.82, 2.24) is 0 Å². The van der Waals surface area contributed by atoms with E-state index in [9.17, 15) is 4.79 Å². The first-order valence-electron chi connectivity index (χ1n) is 10.2. The number of carbonyl (C=O) groups excluding carboxylic acids is 1. The van der Waals surface area contributed by atoms with Crippen LogP contribution < -0.4 is 0 Å². The van der Waals surface area contributed by atoms with E-state index in [-0.39, 0.29) is 0 Å². The van der Waals surface area contributed by atoms with Crippen molar-refractivity contribution in [3.63, 3.8) is 0 Å². The lowest BCUT2D eigenvalue weighted by atomic mass is 10.1. The summed E-state index contributed by atoms with van der Waals surface area (Å²) in [6.07, 6.45) is 36.7. The minimum absolute atomic E-state index is 0.772. The Labute approximate surface area is 156 Å². The van der Waals surface area contributed by atoms with Crippen LogP contribution >= 0.6 is 0 Å². The van der Waals surface area contributed by atoms with Gasteiger partial charge in [0, 0.05) is 0 Å². The molecule has 0 fully saturated rings. The summed E-state index contributed by atoms with van der Waals surface area (Å²) < 4.78 is 0. The highest BCUT2D eigenvalue weighted by Crippen LogP contribution is 2.11. The van der Waals surface area contributed by atoms with Gasteiger partial charge in [-0.3, -0.25) is 4.79 Å². The van der Waals surface area contributed by atoms with Crippen LogP contribution in [0.3, 0.4) is 0 Å². The second-order valence-electron chi connectivity index (χ2n) is 6.43. The molecule has 0 bridgehead atoms. The molecule has 140 valence electrons. The summed E-state index contributed by atoms with van der Waals surface area (Å²) in [6.45, 7) is 2.28. The first kappa shape index (κ1) is 23.4. The monoisotopic (exact) mass is 342 g/mol. The van der Waals surface area contributed by atoms with Gasteiger partial charge in [0.2, 0.25) is 0 Å². The predicted molar refractivity (Wildman–Crippen MR) is 113 cm³/mol. The fourth-order valence-corrected chi connectivity index (χ4v) is 2.60. The highest BCUT2D eigenvalue weighted by molar-refractivity contribution is 5.65. The highest BCUT2D eigenvalue weighted by atomic mass is 16.1. The fraction of sp³-hybridized carbons (Fsp3) is 0.542. The molecule has 25 heavy (non-hydrogen) atoms. The molecule has 0 heterocycles. The summed E-state index contributed by atoms with van der Waals surface area (Å²) in [5, 5.41) is 0. The largest absolute Gasteiger partial charge is 0.299 e. The molecule has 0 aliphatic heterocycles. The molecular formula is C24H38O. The zero-order valence-corrected chi connectivity index (χ0v) is 16.2. The van der Waals surface area contributed by atoms with E-state index in [2.05, 4.69) is 25.2 Å². The first-order chi connectivity index (χ1) is 12.4. The predicted octanol–water partition coefficient (Wildman–Crippen LogP) is 7.67. The van der Waals surface area contributed by atoms with Crippen molar-refractivity contribution in [2.75, 3.05) is 0 Å². The van der Waals surface area contributed by atoms with E-state index in [4.69, 9.17) is 0 Å². The molecule has 0 spiro atoms. The van der Waals surface area contributed by atoms with Gasteiger partial charge in [0.25, 0.3) is 0 Å². The Morgan fingerprint density at radius 1 is 0.480 bits per heavy atom. The molecule has 1 nitrogen and oxygen atoms in total. The molecule has 0 aliphatic rings. The van der Waals surface area contributed by atoms with E-state index in [1.54, 1.807) is 6.08 Å². The average Bonchev–Trinajstić information content (AvgIpc) is 2.63. The van der Waals surface area contributed by atoms with E-state index in [1.807, 2.05) is 30.4 Å². The second kappa shape index (κ2) is 22.4. The van der Waals surface area contributed by atoms with Crippen molar-refractivity contribution in [1.29, 1.82) is 0 Å². The number of rotatable bonds is 17. The number of unbranched alkanes of at least 4 members (excludes halogenated alkanes) is 11. The van der Waals surface area contributed by atoms with Gasteiger partial charge in [-0.05, 0) is 18.9 Å². The molecule has 0 aliphatic carbocycles. The van der Waals surface area contributed by atoms with Gasteiger partial charge < -0.3 is 0 Å². The van der Waals surface area contributed by atoms with Crippen molar-refractivity contribution in [2.45, 2.75) is 84.0 Å². The number of hydrogen-bond acceptors (Lipinski definition) is 1. The first-order valence-corrected chi connectivity index (χ1v) is 10.2. The number of hydrogen-bond donors (Lipinski definition) is 0. The van der Waals surface area contributed by atoms with Crippen LogP contribution in [-0.4, -0.2) is 6.29 Å². The minimum atomic E-state index is 0.772. The van der Waals surface area contributed by atoms with Gasteiger partial charge in [0.05, 0.1) is 0 Å². The lowest BCUT2D eigenvalue weighted by Crippen LogP contribution is -1.81. The van der Waals surface area contributed by atoms with E-state index in [0.717, 1.165) is 6.29 Å². The van der Waals surface area contributed by atoms with E-state index < -0.39 is 0 Å². The molecule has 0 aromatic carbocycles. The molecule has 0 aromatic heterocycles. The number of aldehydes is 1. The summed E-state index contributed by atoms with van der Waals surface area (Å²) >= 11 is 0. The van der Waals surface area contributed by atoms with Crippen LogP contribution in [0.5, 0.6) is 0 Å². The molecular weight excluding hydrogens is 304 g/mol. The van der Waals surface area contributed by atoms with Crippen LogP contribution in [0.4, 0.5) is 0 Å². The van der Waals surface area contributed by atoms with E-state index in [1.165, 1.54) is 83.1 Å². The Morgan fingerprint density at radius 2 is 0.880 bits per heavy atom. The maximum absolute atomic E-state index is 10.0. The third-order valence-corrected chi connectivity index (χ3v) is 4.08. The second-order valence-corrected chi connectivity index (χ2v) is 6.43. The number of allylic oxidation sites excluding steroid dienone is 10. The average molecular weight is 343 g/mol. The Hall–Kier alpha value is -1.63. The highest BCUT2D eigenvalue weighted by Gasteiger charge is 1.92. The Bertz CT molecular complexity index is 410. The molecule has 0 amide bonds. The smallest absolute Gasteiger partial charge is 0.142 e. The van der Waals surface area contributed by atoms with Crippen molar-refractivity contribution in [3.05, 3.63) is 60.8 Å². The molecule has 0 radical (unpaired) electrons. The SMILES string of the molecule is CCCCCCCCCCCCCC=CC=CC=CC=CC=CC=O. The molecule has 0 atom stereocenters. The lowest BCUT2D eigenvalue weighted by Gasteiger charge is -2.01. The third kappa shape index (κ3) is 22.4. The van der Waals surface area contributed by atoms with Crippen LogP contribution in [0.15, 0.2) is 60.8 Å². The van der Waals surface area contributed by atoms with Gasteiger partial charge in [0.15, 0.2) is 0 Å². The molecule has 0 N–H and O–H groups in total. The zero-order valence-electron chi connectivity index (χ0n) is 16.2. The van der Waals surface area contributed by atoms with Crippen molar-refractivity contribution in [2.24, 2.45) is 0 Å². The van der Waals surface area contributed by atoms with Crippen molar-refractivity contribution in [3.8, 4) is 0 Å². The maximum atomic E-state index is 10.0. The molecule has 0 saturated carbocycles. The van der Waals surface area contributed by atoms with Gasteiger partial charge in [-0.1, -0.05) is 126 Å². The van der Waals surface area contributed by atoms with Gasteiger partial charge in [-0.15, -0.1) is 0 Å². The van der Waals surface area contributed by atoms with E-state index in [0.29, 0.717) is 0 Å². The molecule has 0 unspecified atom stereocenters. The molecule has 1 heteroatoms. The van der Waals surface area contributed by atoms with Gasteiger partial charge in [-0.2, -0.15) is 0 Å². The van der Waals surface area contributed by atoms with Crippen LogP contribution in [0.1, 0.15) is 84.0 Å². The maximum Gasteiger partial charge on any atom is 0.142 e. The summed E-state index contributed by atoms with van der Waals surface area (Å²) in [5.74, 6) is 0. The summed E-state index contributed by atoms with van der Waals surface area (Å²) in [5.41, 5.74) is 0. The molecule has 0 aromatic rings. The quantitative estimate of drug-likeness (QED) is 0.115. The van der Waals surface area contributed by atoms with Crippen LogP contribution in [-0.2, 0) is 4.79 Å². The normalized spacial score (nSPS) is 12.7. The Balaban J connectivity index is 3.33. The van der Waals surface area contributed by atoms with Crippen LogP contribution in [0, 0.1) is 0 Å². The van der Waals surface area contributed by atoms with Gasteiger partial charge >= 0.3 is 0 Å². The minimum Gasteiger partial charge on any atom is -0.299 e. The Kier molecular flexibility index (Phi) is 20.9. The van der Waals surface area contributed by atoms with Gasteiger partial charge in [0.1, 0.15) is 6.29 Å². The molecule has 0 rings (SSSR count). The lowest BCUT2D eigenvalue weighted by molar-refractivity contribution is -0.104. The van der Waals surface area contributed by atoms with Crippen LogP contribution in [0.25, 0.3) is 0 Å². The summed E-state index contributed by atoms with van der Waals surface area (Å²) in [7, 11) is 0. The third-order valence-electron chi connectivity index (χ3n) is 4.08. The summed E-state index contributed by atoms with van der Waals surface area (Å²) in [4.78, 5) is 10.0. The fourth-order valence-electron chi connectivity index (χ4n) is 2.60. The summed E-state index contributed by atoms with van der Waals surface area (Å²) in [6, 6.07) is 0. The zero-order chi connectivity index (χ0) is 18.3.